The summed E-state index contributed by atoms with van der Waals surface area (Å²) in [4.78, 5) is 16.6. The molecule has 4 aromatic rings. The average Bonchev–Trinajstić information content (AvgIpc) is 3.15. The highest BCUT2D eigenvalue weighted by Gasteiger charge is 2.09. The number of carbonyl (C=O) groups is 1. The molecule has 0 fully saturated rings. The van der Waals surface area contributed by atoms with Crippen LogP contribution in [0.15, 0.2) is 83.4 Å². The predicted octanol–water partition coefficient (Wildman–Crippen LogP) is 4.42. The van der Waals surface area contributed by atoms with Crippen molar-refractivity contribution in [2.24, 2.45) is 0 Å². The number of rotatable bonds is 4. The summed E-state index contributed by atoms with van der Waals surface area (Å²) in [7, 11) is 0. The maximum atomic E-state index is 12.4. The van der Waals surface area contributed by atoms with Gasteiger partial charge in [0.1, 0.15) is 11.5 Å². The molecular formula is C21H16N2O2. The molecule has 0 aliphatic heterocycles. The number of hydrogen-bond acceptors (Lipinski definition) is 3. The van der Waals surface area contributed by atoms with Crippen LogP contribution in [0.5, 0.6) is 0 Å². The van der Waals surface area contributed by atoms with E-state index in [-0.39, 0.29) is 5.91 Å². The molecule has 4 nitrogen and oxygen atoms in total. The van der Waals surface area contributed by atoms with Crippen molar-refractivity contribution in [3.63, 3.8) is 0 Å². The molecule has 4 heteroatoms. The van der Waals surface area contributed by atoms with Crippen LogP contribution >= 0.6 is 0 Å². The van der Waals surface area contributed by atoms with Gasteiger partial charge in [0.15, 0.2) is 0 Å². The van der Waals surface area contributed by atoms with Gasteiger partial charge in [-0.1, -0.05) is 36.4 Å². The maximum absolute atomic E-state index is 12.4. The molecule has 122 valence electrons. The van der Waals surface area contributed by atoms with Crippen molar-refractivity contribution in [2.75, 3.05) is 0 Å². The number of aromatic nitrogens is 1. The topological polar surface area (TPSA) is 55.1 Å². The minimum atomic E-state index is -0.136. The van der Waals surface area contributed by atoms with Crippen LogP contribution < -0.4 is 5.32 Å². The third-order valence-electron chi connectivity index (χ3n) is 4.01. The Balaban J connectivity index is 1.45. The number of pyridine rings is 1. The first-order valence-corrected chi connectivity index (χ1v) is 8.07. The molecule has 4 rings (SSSR count). The Morgan fingerprint density at radius 2 is 1.84 bits per heavy atom. The highest BCUT2D eigenvalue weighted by molar-refractivity contribution is 5.97. The molecule has 0 radical (unpaired) electrons. The SMILES string of the molecule is O=C(NCc1ccc(-c2ccccc2)o1)c1ccc2ncccc2c1. The Morgan fingerprint density at radius 3 is 2.72 bits per heavy atom. The second kappa shape index (κ2) is 6.61. The van der Waals surface area contributed by atoms with Crippen molar-refractivity contribution in [1.82, 2.24) is 10.3 Å². The Labute approximate surface area is 145 Å². The molecule has 2 aromatic heterocycles. The van der Waals surface area contributed by atoms with Crippen LogP contribution in [-0.4, -0.2) is 10.9 Å². The molecule has 2 heterocycles. The zero-order chi connectivity index (χ0) is 17.1. The second-order valence-corrected chi connectivity index (χ2v) is 5.73. The Bertz CT molecular complexity index is 1020. The normalized spacial score (nSPS) is 10.7. The molecule has 2 aromatic carbocycles. The lowest BCUT2D eigenvalue weighted by molar-refractivity contribution is 0.0948. The number of nitrogens with zero attached hydrogens (tertiary/aromatic N) is 1. The standard InChI is InChI=1S/C21H16N2O2/c24-21(17-8-10-19-16(13-17)7-4-12-22-19)23-14-18-9-11-20(25-18)15-5-2-1-3-6-15/h1-13H,14H2,(H,23,24). The summed E-state index contributed by atoms with van der Waals surface area (Å²) in [5.74, 6) is 1.37. The molecule has 0 aliphatic rings. The van der Waals surface area contributed by atoms with Gasteiger partial charge in [0.05, 0.1) is 12.1 Å². The van der Waals surface area contributed by atoms with E-state index in [1.54, 1.807) is 12.3 Å². The highest BCUT2D eigenvalue weighted by Crippen LogP contribution is 2.21. The highest BCUT2D eigenvalue weighted by atomic mass is 16.3. The average molecular weight is 328 g/mol. The van der Waals surface area contributed by atoms with Crippen LogP contribution in [0.4, 0.5) is 0 Å². The molecular weight excluding hydrogens is 312 g/mol. The fourth-order valence-corrected chi connectivity index (χ4v) is 2.72. The zero-order valence-electron chi connectivity index (χ0n) is 13.5. The van der Waals surface area contributed by atoms with E-state index in [1.807, 2.05) is 66.7 Å². The van der Waals surface area contributed by atoms with Gasteiger partial charge in [-0.3, -0.25) is 9.78 Å². The summed E-state index contributed by atoms with van der Waals surface area (Å²) in [5.41, 5.74) is 2.50. The Kier molecular flexibility index (Phi) is 4.01. The summed E-state index contributed by atoms with van der Waals surface area (Å²) in [5, 5.41) is 3.84. The molecule has 0 bridgehead atoms. The van der Waals surface area contributed by atoms with Crippen molar-refractivity contribution >= 4 is 16.8 Å². The fourth-order valence-electron chi connectivity index (χ4n) is 2.72. The van der Waals surface area contributed by atoms with Crippen LogP contribution in [0.25, 0.3) is 22.2 Å². The van der Waals surface area contributed by atoms with Crippen molar-refractivity contribution in [2.45, 2.75) is 6.54 Å². The molecule has 0 unspecified atom stereocenters. The summed E-state index contributed by atoms with van der Waals surface area (Å²) in [6.07, 6.45) is 1.74. The van der Waals surface area contributed by atoms with Crippen molar-refractivity contribution in [1.29, 1.82) is 0 Å². The molecule has 0 atom stereocenters. The molecule has 25 heavy (non-hydrogen) atoms. The number of benzene rings is 2. The molecule has 0 spiro atoms. The summed E-state index contributed by atoms with van der Waals surface area (Å²) >= 11 is 0. The van der Waals surface area contributed by atoms with Gasteiger partial charge in [0.2, 0.25) is 0 Å². The molecule has 0 saturated carbocycles. The van der Waals surface area contributed by atoms with Crippen molar-refractivity contribution in [3.05, 3.63) is 90.3 Å². The van der Waals surface area contributed by atoms with Gasteiger partial charge in [-0.05, 0) is 36.4 Å². The van der Waals surface area contributed by atoms with Gasteiger partial charge >= 0.3 is 0 Å². The van der Waals surface area contributed by atoms with Gasteiger partial charge in [-0.25, -0.2) is 0 Å². The van der Waals surface area contributed by atoms with Gasteiger partial charge in [-0.2, -0.15) is 0 Å². The lowest BCUT2D eigenvalue weighted by Crippen LogP contribution is -2.22. The molecule has 0 aliphatic carbocycles. The smallest absolute Gasteiger partial charge is 0.251 e. The lowest BCUT2D eigenvalue weighted by atomic mass is 10.1. The van der Waals surface area contributed by atoms with Gasteiger partial charge < -0.3 is 9.73 Å². The summed E-state index contributed by atoms with van der Waals surface area (Å²) in [6.45, 7) is 0.344. The van der Waals surface area contributed by atoms with E-state index in [4.69, 9.17) is 4.42 Å². The molecule has 1 amide bonds. The molecule has 1 N–H and O–H groups in total. The van der Waals surface area contributed by atoms with E-state index in [9.17, 15) is 4.79 Å². The van der Waals surface area contributed by atoms with Crippen molar-refractivity contribution < 1.29 is 9.21 Å². The number of hydrogen-bond donors (Lipinski definition) is 1. The minimum absolute atomic E-state index is 0.136. The summed E-state index contributed by atoms with van der Waals surface area (Å²) in [6, 6.07) is 23.0. The van der Waals surface area contributed by atoms with Crippen LogP contribution in [-0.2, 0) is 6.54 Å². The first kappa shape index (κ1) is 15.1. The van der Waals surface area contributed by atoms with Gasteiger partial charge in [-0.15, -0.1) is 0 Å². The first-order valence-electron chi connectivity index (χ1n) is 8.07. The number of furan rings is 1. The van der Waals surface area contributed by atoms with E-state index in [1.165, 1.54) is 0 Å². The largest absolute Gasteiger partial charge is 0.459 e. The predicted molar refractivity (Wildman–Crippen MR) is 97.1 cm³/mol. The summed E-state index contributed by atoms with van der Waals surface area (Å²) < 4.78 is 5.80. The van der Waals surface area contributed by atoms with E-state index >= 15 is 0 Å². The number of nitrogens with one attached hydrogen (secondary N) is 1. The van der Waals surface area contributed by atoms with Crippen molar-refractivity contribution in [3.8, 4) is 11.3 Å². The second-order valence-electron chi connectivity index (χ2n) is 5.73. The minimum Gasteiger partial charge on any atom is -0.459 e. The first-order chi connectivity index (χ1) is 12.3. The van der Waals surface area contributed by atoms with Crippen LogP contribution in [0.3, 0.4) is 0 Å². The third kappa shape index (κ3) is 3.28. The maximum Gasteiger partial charge on any atom is 0.251 e. The number of fused-ring (bicyclic) bond motifs is 1. The third-order valence-corrected chi connectivity index (χ3v) is 4.01. The Morgan fingerprint density at radius 1 is 0.960 bits per heavy atom. The van der Waals surface area contributed by atoms with E-state index in [2.05, 4.69) is 10.3 Å². The van der Waals surface area contributed by atoms with E-state index < -0.39 is 0 Å². The van der Waals surface area contributed by atoms with E-state index in [0.29, 0.717) is 12.1 Å². The van der Waals surface area contributed by atoms with Gasteiger partial charge in [0, 0.05) is 22.7 Å². The monoisotopic (exact) mass is 328 g/mol. The molecule has 0 saturated heterocycles. The zero-order valence-corrected chi connectivity index (χ0v) is 13.5. The van der Waals surface area contributed by atoms with Crippen LogP contribution in [0.2, 0.25) is 0 Å². The quantitative estimate of drug-likeness (QED) is 0.603. The fraction of sp³-hybridized carbons (Fsp3) is 0.0476. The van der Waals surface area contributed by atoms with E-state index in [0.717, 1.165) is 28.0 Å². The van der Waals surface area contributed by atoms with Crippen LogP contribution in [0.1, 0.15) is 16.1 Å². The Hall–Kier alpha value is -3.40. The lowest BCUT2D eigenvalue weighted by Gasteiger charge is -2.05. The van der Waals surface area contributed by atoms with Crippen LogP contribution in [0, 0.1) is 0 Å². The number of amides is 1. The number of carbonyl (C=O) groups excluding carboxylic acids is 1. The van der Waals surface area contributed by atoms with Gasteiger partial charge in [0.25, 0.3) is 5.91 Å².